The first-order valence-electron chi connectivity index (χ1n) is 17.9. The molecule has 2 amide bonds. The summed E-state index contributed by atoms with van der Waals surface area (Å²) in [7, 11) is 2.10. The Hall–Kier alpha value is -4.14. The van der Waals surface area contributed by atoms with Gasteiger partial charge in [-0.25, -0.2) is 4.79 Å². The quantitative estimate of drug-likeness (QED) is 0.277. The number of imidazole rings is 1. The van der Waals surface area contributed by atoms with E-state index in [2.05, 4.69) is 26.8 Å². The third-order valence-corrected chi connectivity index (χ3v) is 11.4. The minimum atomic E-state index is -4.86. The molecule has 7 rings (SSSR count). The Balaban J connectivity index is 1.06. The molecule has 0 radical (unpaired) electrons. The number of aromatic amines is 1. The number of piperazine rings is 1. The first-order valence-corrected chi connectivity index (χ1v) is 18.3. The molecule has 11 nitrogen and oxygen atoms in total. The summed E-state index contributed by atoms with van der Waals surface area (Å²) >= 11 is 6.04. The molecule has 0 spiro atoms. The summed E-state index contributed by atoms with van der Waals surface area (Å²) in [5.74, 6) is -2.54. The van der Waals surface area contributed by atoms with Gasteiger partial charge in [0, 0.05) is 76.2 Å². The number of likely N-dealkylation sites (tertiary alicyclic amines) is 2. The maximum atomic E-state index is 14.1. The Morgan fingerprint density at radius 3 is 2.31 bits per heavy atom. The van der Waals surface area contributed by atoms with Gasteiger partial charge in [-0.05, 0) is 62.9 Å². The molecule has 4 aromatic rings. The highest BCUT2D eigenvalue weighted by atomic mass is 35.5. The third-order valence-electron chi connectivity index (χ3n) is 11.2. The van der Waals surface area contributed by atoms with E-state index in [0.29, 0.717) is 56.1 Å². The standard InChI is InChI=1S/C37H43ClF3N7O4/c1-44-14-16-45(17-15-44)25-6-12-47(13-7-25)35(51)24(18-23-19-28(37(39,40)41)34(50)29(38)20-23)21-32(49)46-10-8-26(9-11-46)48-31-22-42-30-5-3-2-4-27(30)33(31)43-36(48)52/h2-5,19-20,22,24-26,50H,6-18,21H2,1H3,(H,43,52)/t24-/m0/s1. The van der Waals surface area contributed by atoms with Crippen molar-refractivity contribution in [3.63, 3.8) is 0 Å². The van der Waals surface area contributed by atoms with Crippen molar-refractivity contribution in [2.24, 2.45) is 5.92 Å². The van der Waals surface area contributed by atoms with E-state index in [0.717, 1.165) is 56.0 Å². The smallest absolute Gasteiger partial charge is 0.420 e. The molecule has 278 valence electrons. The van der Waals surface area contributed by atoms with Crippen LogP contribution in [0.4, 0.5) is 13.2 Å². The molecular formula is C37H43ClF3N7O4. The molecular weight excluding hydrogens is 699 g/mol. The summed E-state index contributed by atoms with van der Waals surface area (Å²) in [4.78, 5) is 56.8. The van der Waals surface area contributed by atoms with E-state index in [9.17, 15) is 32.7 Å². The molecule has 3 aliphatic heterocycles. The summed E-state index contributed by atoms with van der Waals surface area (Å²) in [6.07, 6.45) is -0.921. The molecule has 15 heteroatoms. The molecule has 3 aliphatic rings. The average molecular weight is 742 g/mol. The van der Waals surface area contributed by atoms with Crippen LogP contribution in [0.2, 0.25) is 5.02 Å². The van der Waals surface area contributed by atoms with Gasteiger partial charge in [-0.3, -0.25) is 24.0 Å². The summed E-state index contributed by atoms with van der Waals surface area (Å²) in [6.45, 7) is 5.61. The lowest BCUT2D eigenvalue weighted by atomic mass is 9.91. The van der Waals surface area contributed by atoms with Gasteiger partial charge in [-0.1, -0.05) is 29.8 Å². The molecule has 52 heavy (non-hydrogen) atoms. The lowest BCUT2D eigenvalue weighted by molar-refractivity contribution is -0.143. The number of phenolic OH excluding ortho intramolecular Hbond substituents is 1. The molecule has 3 fully saturated rings. The van der Waals surface area contributed by atoms with E-state index >= 15 is 0 Å². The number of aromatic hydroxyl groups is 1. The van der Waals surface area contributed by atoms with Crippen LogP contribution in [0.3, 0.4) is 0 Å². The van der Waals surface area contributed by atoms with Crippen LogP contribution in [0.5, 0.6) is 5.75 Å². The number of carbonyl (C=O) groups excluding carboxylic acids is 2. The van der Waals surface area contributed by atoms with Crippen molar-refractivity contribution in [3.8, 4) is 5.75 Å². The summed E-state index contributed by atoms with van der Waals surface area (Å²) in [5.41, 5.74) is 0.778. The fourth-order valence-corrected chi connectivity index (χ4v) is 8.46. The number of nitrogens with zero attached hydrogens (tertiary/aromatic N) is 6. The van der Waals surface area contributed by atoms with Crippen molar-refractivity contribution in [1.82, 2.24) is 34.1 Å². The number of benzene rings is 2. The van der Waals surface area contributed by atoms with Gasteiger partial charge < -0.3 is 24.8 Å². The van der Waals surface area contributed by atoms with Gasteiger partial charge in [0.2, 0.25) is 11.8 Å². The average Bonchev–Trinajstić information content (AvgIpc) is 3.48. The Bertz CT molecular complexity index is 2010. The number of fused-ring (bicyclic) bond motifs is 3. The number of pyridine rings is 1. The second-order valence-corrected chi connectivity index (χ2v) is 14.8. The Labute approximate surface area is 303 Å². The molecule has 5 heterocycles. The zero-order chi connectivity index (χ0) is 36.7. The number of hydrogen-bond acceptors (Lipinski definition) is 7. The minimum Gasteiger partial charge on any atom is -0.506 e. The molecule has 3 saturated heterocycles. The first-order chi connectivity index (χ1) is 24.9. The Morgan fingerprint density at radius 2 is 1.62 bits per heavy atom. The number of hydrogen-bond donors (Lipinski definition) is 2. The van der Waals surface area contributed by atoms with Crippen molar-refractivity contribution in [2.45, 2.75) is 56.8 Å². The number of alkyl halides is 3. The number of nitrogens with one attached hydrogen (secondary N) is 1. The molecule has 0 saturated carbocycles. The number of amides is 2. The molecule has 2 N–H and O–H groups in total. The number of H-pyrrole nitrogens is 1. The fourth-order valence-electron chi connectivity index (χ4n) is 8.21. The van der Waals surface area contributed by atoms with Crippen LogP contribution < -0.4 is 5.69 Å². The number of para-hydroxylation sites is 1. The second kappa shape index (κ2) is 14.7. The minimum absolute atomic E-state index is 0.118. The Kier molecular flexibility index (Phi) is 10.2. The summed E-state index contributed by atoms with van der Waals surface area (Å²) in [5, 5.41) is 10.4. The molecule has 2 aromatic carbocycles. The Morgan fingerprint density at radius 1 is 0.962 bits per heavy atom. The number of aromatic nitrogens is 3. The third kappa shape index (κ3) is 7.38. The lowest BCUT2D eigenvalue weighted by Gasteiger charge is -2.42. The first kappa shape index (κ1) is 36.2. The van der Waals surface area contributed by atoms with Crippen LogP contribution in [0.1, 0.15) is 49.3 Å². The van der Waals surface area contributed by atoms with Gasteiger partial charge in [-0.2, -0.15) is 13.2 Å². The van der Waals surface area contributed by atoms with Crippen LogP contribution in [0.15, 0.2) is 47.4 Å². The highest BCUT2D eigenvalue weighted by Gasteiger charge is 2.38. The molecule has 1 atom stereocenters. The lowest BCUT2D eigenvalue weighted by Crippen LogP contribution is -2.53. The summed E-state index contributed by atoms with van der Waals surface area (Å²) in [6, 6.07) is 9.80. The van der Waals surface area contributed by atoms with E-state index < -0.39 is 28.4 Å². The van der Waals surface area contributed by atoms with E-state index in [1.54, 1.807) is 20.6 Å². The van der Waals surface area contributed by atoms with Crippen molar-refractivity contribution < 1.29 is 27.9 Å². The van der Waals surface area contributed by atoms with E-state index in [1.807, 2.05) is 24.3 Å². The predicted molar refractivity (Wildman–Crippen MR) is 191 cm³/mol. The maximum absolute atomic E-state index is 14.1. The number of phenols is 1. The van der Waals surface area contributed by atoms with Gasteiger partial charge in [0.25, 0.3) is 0 Å². The van der Waals surface area contributed by atoms with Crippen molar-refractivity contribution >= 4 is 45.4 Å². The SMILES string of the molecule is CN1CCN(C2CCN(C(=O)[C@H](CC(=O)N3CCC(n4c(=O)[nH]c5c6ccccc6ncc54)CC3)Cc3cc(Cl)c(O)c(C(F)(F)F)c3)CC2)CC1. The molecule has 0 unspecified atom stereocenters. The highest BCUT2D eigenvalue weighted by Crippen LogP contribution is 2.41. The molecule has 0 bridgehead atoms. The van der Waals surface area contributed by atoms with Gasteiger partial charge >= 0.3 is 11.9 Å². The van der Waals surface area contributed by atoms with Crippen LogP contribution in [0.25, 0.3) is 21.9 Å². The zero-order valence-corrected chi connectivity index (χ0v) is 29.8. The van der Waals surface area contributed by atoms with Crippen LogP contribution >= 0.6 is 11.6 Å². The summed E-state index contributed by atoms with van der Waals surface area (Å²) < 4.78 is 43.1. The number of carbonyl (C=O) groups is 2. The predicted octanol–water partition coefficient (Wildman–Crippen LogP) is 4.91. The second-order valence-electron chi connectivity index (χ2n) is 14.4. The van der Waals surface area contributed by atoms with Gasteiger partial charge in [0.05, 0.1) is 39.3 Å². The van der Waals surface area contributed by atoms with Gasteiger partial charge in [-0.15, -0.1) is 0 Å². The van der Waals surface area contributed by atoms with Crippen molar-refractivity contribution in [2.75, 3.05) is 59.4 Å². The number of likely N-dealkylation sites (N-methyl/N-ethyl adjacent to an activating group) is 1. The topological polar surface area (TPSA) is 118 Å². The number of rotatable bonds is 7. The van der Waals surface area contributed by atoms with Crippen LogP contribution in [-0.2, 0) is 22.2 Å². The van der Waals surface area contributed by atoms with Crippen molar-refractivity contribution in [3.05, 3.63) is 69.2 Å². The zero-order valence-electron chi connectivity index (χ0n) is 29.0. The molecule has 2 aromatic heterocycles. The van der Waals surface area contributed by atoms with Crippen molar-refractivity contribution in [1.29, 1.82) is 0 Å². The van der Waals surface area contributed by atoms with E-state index in [4.69, 9.17) is 11.6 Å². The highest BCUT2D eigenvalue weighted by molar-refractivity contribution is 6.32. The fraction of sp³-hybridized carbons (Fsp3) is 0.514. The molecule has 0 aliphatic carbocycles. The van der Waals surface area contributed by atoms with Crippen LogP contribution in [-0.4, -0.2) is 117 Å². The van der Waals surface area contributed by atoms with Crippen LogP contribution in [0, 0.1) is 5.92 Å². The maximum Gasteiger partial charge on any atom is 0.420 e. The van der Waals surface area contributed by atoms with Gasteiger partial charge in [0.1, 0.15) is 5.75 Å². The normalized spacial score (nSPS) is 19.5. The monoisotopic (exact) mass is 741 g/mol. The van der Waals surface area contributed by atoms with Gasteiger partial charge in [0.15, 0.2) is 0 Å². The number of halogens is 4. The van der Waals surface area contributed by atoms with E-state index in [1.165, 1.54) is 6.07 Å². The number of piperidine rings is 2. The van der Waals surface area contributed by atoms with E-state index in [-0.39, 0.29) is 42.0 Å². The largest absolute Gasteiger partial charge is 0.506 e.